The van der Waals surface area contributed by atoms with Crippen LogP contribution in [0.25, 0.3) is 5.65 Å². The highest BCUT2D eigenvalue weighted by Crippen LogP contribution is 2.27. The largest absolute Gasteiger partial charge is 0.393 e. The van der Waals surface area contributed by atoms with Crippen LogP contribution in [0.15, 0.2) is 35.4 Å². The molecule has 34 heavy (non-hydrogen) atoms. The number of nitrogens with zero attached hydrogens (tertiary/aromatic N) is 4. The summed E-state index contributed by atoms with van der Waals surface area (Å²) in [6.45, 7) is 1.69. The molecule has 4 heterocycles. The highest BCUT2D eigenvalue weighted by atomic mass is 16.5. The lowest BCUT2D eigenvalue weighted by Crippen LogP contribution is -2.41. The number of aliphatic hydroxyl groups excluding tert-OH is 1. The summed E-state index contributed by atoms with van der Waals surface area (Å²) in [6, 6.07) is 5.39. The number of rotatable bonds is 7. The Morgan fingerprint density at radius 3 is 2.79 bits per heavy atom. The topological polar surface area (TPSA) is 135 Å². The Bertz CT molecular complexity index is 1250. The molecule has 1 amide bonds. The fourth-order valence-electron chi connectivity index (χ4n) is 4.47. The molecule has 2 aliphatic rings. The third-order valence-electron chi connectivity index (χ3n) is 6.70. The first-order chi connectivity index (χ1) is 16.5. The van der Waals surface area contributed by atoms with Crippen LogP contribution in [0.2, 0.25) is 0 Å². The molecular weight excluding hydrogens is 438 g/mol. The third kappa shape index (κ3) is 4.24. The Labute approximate surface area is 196 Å². The molecule has 5 rings (SSSR count). The first-order valence-corrected chi connectivity index (χ1v) is 11.6. The normalized spacial score (nSPS) is 20.6. The number of nitrogens with one attached hydrogen (secondary N) is 3. The molecule has 0 bridgehead atoms. The van der Waals surface area contributed by atoms with Crippen molar-refractivity contribution in [2.24, 2.45) is 5.92 Å². The number of carbonyl (C=O) groups excluding carboxylic acids is 1. The van der Waals surface area contributed by atoms with Gasteiger partial charge in [-0.1, -0.05) is 0 Å². The molecule has 3 aromatic heterocycles. The maximum Gasteiger partial charge on any atom is 0.274 e. The Balaban J connectivity index is 1.42. The maximum atomic E-state index is 13.1. The molecule has 3 aromatic rings. The average molecular weight is 468 g/mol. The number of anilines is 3. The second-order valence-corrected chi connectivity index (χ2v) is 8.79. The van der Waals surface area contributed by atoms with Crippen molar-refractivity contribution in [3.63, 3.8) is 0 Å². The monoisotopic (exact) mass is 467 g/mol. The summed E-state index contributed by atoms with van der Waals surface area (Å²) in [4.78, 5) is 30.6. The van der Waals surface area contributed by atoms with Gasteiger partial charge in [-0.15, -0.1) is 0 Å². The molecule has 2 atom stereocenters. The minimum atomic E-state index is -0.356. The molecule has 1 aliphatic heterocycles. The van der Waals surface area contributed by atoms with Gasteiger partial charge in [0.2, 0.25) is 0 Å². The molecule has 0 spiro atoms. The summed E-state index contributed by atoms with van der Waals surface area (Å²) in [5.41, 5.74) is 0.952. The third-order valence-corrected chi connectivity index (χ3v) is 6.70. The highest BCUT2D eigenvalue weighted by Gasteiger charge is 2.29. The van der Waals surface area contributed by atoms with E-state index in [1.165, 1.54) is 6.20 Å². The van der Waals surface area contributed by atoms with Gasteiger partial charge in [0.25, 0.3) is 11.5 Å². The van der Waals surface area contributed by atoms with E-state index in [1.807, 2.05) is 6.07 Å². The maximum absolute atomic E-state index is 13.1. The number of aromatic nitrogens is 4. The molecule has 4 N–H and O–H groups in total. The SMILES string of the molecule is CNc1cc(Nc2cccn(C3CCOCC3)c2=O)nc2c(C(=O)NC[C@@H]3CC[C@H]3O)cnn12. The number of ether oxygens (including phenoxy) is 1. The Hall–Kier alpha value is -3.44. The fourth-order valence-corrected chi connectivity index (χ4v) is 4.47. The van der Waals surface area contributed by atoms with Crippen molar-refractivity contribution < 1.29 is 14.6 Å². The van der Waals surface area contributed by atoms with E-state index in [4.69, 9.17) is 4.74 Å². The number of amides is 1. The van der Waals surface area contributed by atoms with Crippen molar-refractivity contribution >= 4 is 28.9 Å². The Kier molecular flexibility index (Phi) is 6.20. The van der Waals surface area contributed by atoms with Crippen LogP contribution in [0.1, 0.15) is 42.1 Å². The lowest BCUT2D eigenvalue weighted by atomic mass is 9.82. The average Bonchev–Trinajstić information content (AvgIpc) is 3.28. The van der Waals surface area contributed by atoms with E-state index in [-0.39, 0.29) is 29.5 Å². The van der Waals surface area contributed by atoms with Crippen LogP contribution < -0.4 is 21.5 Å². The zero-order valence-electron chi connectivity index (χ0n) is 19.0. The van der Waals surface area contributed by atoms with Gasteiger partial charge in [0.15, 0.2) is 5.65 Å². The first-order valence-electron chi connectivity index (χ1n) is 11.6. The van der Waals surface area contributed by atoms with Crippen molar-refractivity contribution in [3.05, 3.63) is 46.5 Å². The molecule has 11 heteroatoms. The zero-order valence-corrected chi connectivity index (χ0v) is 19.0. The van der Waals surface area contributed by atoms with Crippen LogP contribution in [0.5, 0.6) is 0 Å². The Morgan fingerprint density at radius 2 is 2.09 bits per heavy atom. The van der Waals surface area contributed by atoms with E-state index >= 15 is 0 Å². The molecule has 1 saturated carbocycles. The van der Waals surface area contributed by atoms with Gasteiger partial charge in [-0.25, -0.2) is 4.98 Å². The van der Waals surface area contributed by atoms with Crippen LogP contribution in [-0.2, 0) is 4.74 Å². The van der Waals surface area contributed by atoms with E-state index in [0.29, 0.717) is 48.3 Å². The van der Waals surface area contributed by atoms with E-state index in [9.17, 15) is 14.7 Å². The summed E-state index contributed by atoms with van der Waals surface area (Å²) >= 11 is 0. The second kappa shape index (κ2) is 9.43. The molecule has 11 nitrogen and oxygen atoms in total. The number of carbonyl (C=O) groups is 1. The summed E-state index contributed by atoms with van der Waals surface area (Å²) in [5.74, 6) is 0.812. The molecule has 180 valence electrons. The van der Waals surface area contributed by atoms with E-state index in [0.717, 1.165) is 25.7 Å². The van der Waals surface area contributed by atoms with Gasteiger partial charge in [0, 0.05) is 51.0 Å². The van der Waals surface area contributed by atoms with Gasteiger partial charge >= 0.3 is 0 Å². The quantitative estimate of drug-likeness (QED) is 0.411. The van der Waals surface area contributed by atoms with Crippen molar-refractivity contribution in [1.29, 1.82) is 0 Å². The van der Waals surface area contributed by atoms with Crippen molar-refractivity contribution in [3.8, 4) is 0 Å². The zero-order chi connectivity index (χ0) is 23.7. The minimum Gasteiger partial charge on any atom is -0.393 e. The number of hydrogen-bond acceptors (Lipinski definition) is 8. The minimum absolute atomic E-state index is 0.0832. The first kappa shape index (κ1) is 22.4. The summed E-state index contributed by atoms with van der Waals surface area (Å²) in [6.07, 6.45) is 6.18. The molecule has 1 aliphatic carbocycles. The summed E-state index contributed by atoms with van der Waals surface area (Å²) in [7, 11) is 1.75. The number of aliphatic hydroxyl groups is 1. The van der Waals surface area contributed by atoms with Crippen molar-refractivity contribution in [2.75, 3.05) is 37.4 Å². The van der Waals surface area contributed by atoms with Gasteiger partial charge in [0.1, 0.15) is 22.9 Å². The molecule has 0 radical (unpaired) electrons. The molecular formula is C23H29N7O4. The lowest BCUT2D eigenvalue weighted by Gasteiger charge is -2.32. The van der Waals surface area contributed by atoms with Gasteiger partial charge in [-0.3, -0.25) is 9.59 Å². The highest BCUT2D eigenvalue weighted by molar-refractivity contribution is 6.00. The number of fused-ring (bicyclic) bond motifs is 1. The molecule has 0 unspecified atom stereocenters. The number of pyridine rings is 1. The smallest absolute Gasteiger partial charge is 0.274 e. The van der Waals surface area contributed by atoms with Gasteiger partial charge in [-0.2, -0.15) is 9.61 Å². The van der Waals surface area contributed by atoms with Crippen LogP contribution in [0.3, 0.4) is 0 Å². The summed E-state index contributed by atoms with van der Waals surface area (Å²) in [5, 5.41) is 23.1. The van der Waals surface area contributed by atoms with E-state index in [2.05, 4.69) is 26.0 Å². The van der Waals surface area contributed by atoms with Gasteiger partial charge in [-0.05, 0) is 37.8 Å². The summed E-state index contributed by atoms with van der Waals surface area (Å²) < 4.78 is 8.71. The van der Waals surface area contributed by atoms with Crippen molar-refractivity contribution in [1.82, 2.24) is 24.5 Å². The van der Waals surface area contributed by atoms with Gasteiger partial charge < -0.3 is 30.4 Å². The second-order valence-electron chi connectivity index (χ2n) is 8.79. The Morgan fingerprint density at radius 1 is 1.26 bits per heavy atom. The molecule has 0 aromatic carbocycles. The van der Waals surface area contributed by atoms with Crippen LogP contribution in [-0.4, -0.2) is 63.1 Å². The predicted molar refractivity (Wildman–Crippen MR) is 127 cm³/mol. The fraction of sp³-hybridized carbons (Fsp3) is 0.478. The van der Waals surface area contributed by atoms with Crippen LogP contribution >= 0.6 is 0 Å². The number of hydrogen-bond donors (Lipinski definition) is 4. The van der Waals surface area contributed by atoms with E-state index < -0.39 is 0 Å². The molecule has 1 saturated heterocycles. The van der Waals surface area contributed by atoms with Crippen LogP contribution in [0.4, 0.5) is 17.3 Å². The van der Waals surface area contributed by atoms with Crippen molar-refractivity contribution in [2.45, 2.75) is 37.8 Å². The van der Waals surface area contributed by atoms with E-state index in [1.54, 1.807) is 34.5 Å². The lowest BCUT2D eigenvalue weighted by molar-refractivity contribution is 0.0245. The predicted octanol–water partition coefficient (Wildman–Crippen LogP) is 1.53. The molecule has 2 fully saturated rings. The van der Waals surface area contributed by atoms with Crippen LogP contribution in [0, 0.1) is 5.92 Å². The van der Waals surface area contributed by atoms with Gasteiger partial charge in [0.05, 0.1) is 12.3 Å². The standard InChI is InChI=1S/C23H29N7O4/c1-24-20-11-19(27-17-3-2-8-29(23(17)33)15-6-9-34-10-7-15)28-21-16(13-26-30(20)21)22(32)25-12-14-4-5-18(14)31/h2-3,8,11,13-15,18,24,31H,4-7,9-10,12H2,1H3,(H,25,32)(H,27,28)/t14-,18+/m0/s1.